The van der Waals surface area contributed by atoms with E-state index in [9.17, 15) is 14.0 Å². The Morgan fingerprint density at radius 2 is 2.16 bits per heavy atom. The van der Waals surface area contributed by atoms with E-state index in [0.29, 0.717) is 24.7 Å². The number of likely N-dealkylation sites (tertiary alicyclic amines) is 1. The van der Waals surface area contributed by atoms with E-state index >= 15 is 0 Å². The molecule has 1 fully saturated rings. The van der Waals surface area contributed by atoms with Crippen molar-refractivity contribution in [2.24, 2.45) is 0 Å². The Labute approximate surface area is 108 Å². The minimum atomic E-state index is -0.989. The monoisotopic (exact) mass is 268 g/mol. The standard InChI is InChI=1S/C12H13FN2O4/c1-6(13)11(16)15-4-8(5-15)10-14-9(7(2)19-10)12(17)18-3/h8H,1,4-5H2,2-3H3. The van der Waals surface area contributed by atoms with E-state index in [1.165, 1.54) is 12.0 Å². The normalized spacial score (nSPS) is 15.0. The van der Waals surface area contributed by atoms with Crippen molar-refractivity contribution in [1.29, 1.82) is 0 Å². The third-order valence-electron chi connectivity index (χ3n) is 2.94. The molecule has 0 radical (unpaired) electrons. The number of aryl methyl sites for hydroxylation is 1. The molecule has 0 saturated carbocycles. The molecule has 0 spiro atoms. The van der Waals surface area contributed by atoms with Gasteiger partial charge in [0.25, 0.3) is 5.91 Å². The van der Waals surface area contributed by atoms with E-state index in [1.54, 1.807) is 6.92 Å². The molecular formula is C12H13FN2O4. The van der Waals surface area contributed by atoms with Crippen molar-refractivity contribution < 1.29 is 23.1 Å². The number of carbonyl (C=O) groups is 2. The quantitative estimate of drug-likeness (QED) is 0.608. The average molecular weight is 268 g/mol. The maximum absolute atomic E-state index is 12.6. The number of halogens is 1. The number of hydrogen-bond acceptors (Lipinski definition) is 5. The van der Waals surface area contributed by atoms with Gasteiger partial charge in [0, 0.05) is 13.1 Å². The summed E-state index contributed by atoms with van der Waals surface area (Å²) in [6.07, 6.45) is 0. The summed E-state index contributed by atoms with van der Waals surface area (Å²) in [5.74, 6) is -1.71. The van der Waals surface area contributed by atoms with Crippen LogP contribution in [0.3, 0.4) is 0 Å². The molecular weight excluding hydrogens is 255 g/mol. The zero-order chi connectivity index (χ0) is 14.2. The first kappa shape index (κ1) is 13.3. The molecule has 0 unspecified atom stereocenters. The minimum Gasteiger partial charge on any atom is -0.464 e. The lowest BCUT2D eigenvalue weighted by Crippen LogP contribution is -2.48. The number of nitrogens with zero attached hydrogens (tertiary/aromatic N) is 2. The van der Waals surface area contributed by atoms with Gasteiger partial charge in [-0.3, -0.25) is 4.79 Å². The highest BCUT2D eigenvalue weighted by Gasteiger charge is 2.36. The molecule has 7 heteroatoms. The predicted molar refractivity (Wildman–Crippen MR) is 62.1 cm³/mol. The summed E-state index contributed by atoms with van der Waals surface area (Å²) in [5.41, 5.74) is 0.122. The number of hydrogen-bond donors (Lipinski definition) is 0. The Morgan fingerprint density at radius 3 is 2.68 bits per heavy atom. The highest BCUT2D eigenvalue weighted by molar-refractivity contribution is 5.91. The van der Waals surface area contributed by atoms with Crippen LogP contribution < -0.4 is 0 Å². The lowest BCUT2D eigenvalue weighted by Gasteiger charge is -2.36. The SMILES string of the molecule is C=C(F)C(=O)N1CC(c2nc(C(=O)OC)c(C)o2)C1. The molecule has 1 saturated heterocycles. The second kappa shape index (κ2) is 4.83. The van der Waals surface area contributed by atoms with Gasteiger partial charge >= 0.3 is 5.97 Å². The van der Waals surface area contributed by atoms with Gasteiger partial charge in [-0.15, -0.1) is 0 Å². The molecule has 19 heavy (non-hydrogen) atoms. The first-order chi connectivity index (χ1) is 8.93. The summed E-state index contributed by atoms with van der Waals surface area (Å²) in [7, 11) is 1.26. The van der Waals surface area contributed by atoms with Crippen LogP contribution in [-0.2, 0) is 9.53 Å². The average Bonchev–Trinajstić information content (AvgIpc) is 2.68. The molecule has 6 nitrogen and oxygen atoms in total. The maximum atomic E-state index is 12.6. The van der Waals surface area contributed by atoms with Crippen molar-refractivity contribution in [3.63, 3.8) is 0 Å². The molecule has 2 heterocycles. The molecule has 1 amide bonds. The lowest BCUT2D eigenvalue weighted by atomic mass is 10.00. The molecule has 0 bridgehead atoms. The molecule has 1 aromatic heterocycles. The summed E-state index contributed by atoms with van der Waals surface area (Å²) in [6.45, 7) is 5.14. The smallest absolute Gasteiger partial charge is 0.360 e. The van der Waals surface area contributed by atoms with Crippen molar-refractivity contribution in [3.05, 3.63) is 29.8 Å². The van der Waals surface area contributed by atoms with Gasteiger partial charge in [0.05, 0.1) is 13.0 Å². The third kappa shape index (κ3) is 2.35. The summed E-state index contributed by atoms with van der Waals surface area (Å²) in [4.78, 5) is 28.0. The fraction of sp³-hybridized carbons (Fsp3) is 0.417. The number of esters is 1. The van der Waals surface area contributed by atoms with Crippen LogP contribution in [-0.4, -0.2) is 42.0 Å². The Balaban J connectivity index is 2.05. The Bertz CT molecular complexity index is 546. The minimum absolute atomic E-state index is 0.122. The van der Waals surface area contributed by atoms with Crippen LogP contribution in [0.5, 0.6) is 0 Å². The van der Waals surface area contributed by atoms with Crippen molar-refractivity contribution in [1.82, 2.24) is 9.88 Å². The summed E-state index contributed by atoms with van der Waals surface area (Å²) < 4.78 is 22.6. The van der Waals surface area contributed by atoms with Gasteiger partial charge in [0.2, 0.25) is 5.89 Å². The summed E-state index contributed by atoms with van der Waals surface area (Å²) in [6, 6.07) is 0. The maximum Gasteiger partial charge on any atom is 0.360 e. The zero-order valence-corrected chi connectivity index (χ0v) is 10.6. The second-order valence-corrected chi connectivity index (χ2v) is 4.26. The molecule has 0 aliphatic carbocycles. The molecule has 0 aromatic carbocycles. The van der Waals surface area contributed by atoms with Crippen molar-refractivity contribution >= 4 is 11.9 Å². The van der Waals surface area contributed by atoms with Crippen LogP contribution >= 0.6 is 0 Å². The van der Waals surface area contributed by atoms with Crippen molar-refractivity contribution in [2.45, 2.75) is 12.8 Å². The largest absolute Gasteiger partial charge is 0.464 e. The van der Waals surface area contributed by atoms with Crippen LogP contribution in [0, 0.1) is 6.92 Å². The van der Waals surface area contributed by atoms with E-state index in [0.717, 1.165) is 0 Å². The second-order valence-electron chi connectivity index (χ2n) is 4.26. The molecule has 0 N–H and O–H groups in total. The van der Waals surface area contributed by atoms with Gasteiger partial charge in [-0.2, -0.15) is 0 Å². The highest BCUT2D eigenvalue weighted by Crippen LogP contribution is 2.29. The van der Waals surface area contributed by atoms with Gasteiger partial charge < -0.3 is 14.1 Å². The van der Waals surface area contributed by atoms with E-state index in [4.69, 9.17) is 4.42 Å². The van der Waals surface area contributed by atoms with Crippen molar-refractivity contribution in [2.75, 3.05) is 20.2 Å². The first-order valence-electron chi connectivity index (χ1n) is 5.63. The number of methoxy groups -OCH3 is 1. The number of ether oxygens (including phenoxy) is 1. The van der Waals surface area contributed by atoms with Crippen molar-refractivity contribution in [3.8, 4) is 0 Å². The van der Waals surface area contributed by atoms with E-state index in [-0.39, 0.29) is 11.6 Å². The zero-order valence-electron chi connectivity index (χ0n) is 10.6. The van der Waals surface area contributed by atoms with E-state index in [2.05, 4.69) is 16.3 Å². The van der Waals surface area contributed by atoms with Gasteiger partial charge in [-0.05, 0) is 6.92 Å². The Kier molecular flexibility index (Phi) is 3.37. The van der Waals surface area contributed by atoms with Crippen LogP contribution in [0.25, 0.3) is 0 Å². The molecule has 102 valence electrons. The molecule has 0 atom stereocenters. The third-order valence-corrected chi connectivity index (χ3v) is 2.94. The summed E-state index contributed by atoms with van der Waals surface area (Å²) >= 11 is 0. The van der Waals surface area contributed by atoms with E-state index in [1.807, 2.05) is 0 Å². The van der Waals surface area contributed by atoms with Crippen LogP contribution in [0.15, 0.2) is 16.8 Å². The number of aromatic nitrogens is 1. The lowest BCUT2D eigenvalue weighted by molar-refractivity contribution is -0.133. The van der Waals surface area contributed by atoms with Gasteiger partial charge in [-0.25, -0.2) is 14.2 Å². The topological polar surface area (TPSA) is 72.6 Å². The first-order valence-corrected chi connectivity index (χ1v) is 5.63. The van der Waals surface area contributed by atoms with Gasteiger partial charge in [0.1, 0.15) is 5.76 Å². The highest BCUT2D eigenvalue weighted by atomic mass is 19.1. The van der Waals surface area contributed by atoms with Crippen LogP contribution in [0.4, 0.5) is 4.39 Å². The molecule has 2 rings (SSSR count). The van der Waals surface area contributed by atoms with Crippen LogP contribution in [0.1, 0.15) is 28.1 Å². The van der Waals surface area contributed by atoms with E-state index < -0.39 is 17.7 Å². The number of amides is 1. The number of carbonyl (C=O) groups excluding carboxylic acids is 2. The summed E-state index contributed by atoms with van der Waals surface area (Å²) in [5, 5.41) is 0. The molecule has 1 aliphatic heterocycles. The van der Waals surface area contributed by atoms with Gasteiger partial charge in [0.15, 0.2) is 11.5 Å². The predicted octanol–water partition coefficient (Wildman–Crippen LogP) is 1.18. The fourth-order valence-electron chi connectivity index (χ4n) is 1.85. The van der Waals surface area contributed by atoms with Gasteiger partial charge in [-0.1, -0.05) is 6.58 Å². The molecule has 1 aromatic rings. The molecule has 1 aliphatic rings. The number of oxazole rings is 1. The Hall–Kier alpha value is -2.18. The van der Waals surface area contributed by atoms with Crippen LogP contribution in [0.2, 0.25) is 0 Å². The Morgan fingerprint density at radius 1 is 1.53 bits per heavy atom. The fourth-order valence-corrected chi connectivity index (χ4v) is 1.85. The number of rotatable bonds is 3.